The van der Waals surface area contributed by atoms with Crippen LogP contribution in [0.2, 0.25) is 0 Å². The third kappa shape index (κ3) is 2.35. The average Bonchev–Trinajstić information content (AvgIpc) is 3.05. The molecule has 2 nitrogen and oxygen atoms in total. The van der Waals surface area contributed by atoms with Crippen LogP contribution in [-0.2, 0) is 12.8 Å². The van der Waals surface area contributed by atoms with Crippen molar-refractivity contribution in [2.45, 2.75) is 58.9 Å². The van der Waals surface area contributed by atoms with Crippen LogP contribution in [-0.4, -0.2) is 4.98 Å². The number of fused-ring (bicyclic) bond motifs is 1. The molecular weight excluding hydrogens is 240 g/mol. The van der Waals surface area contributed by atoms with Crippen molar-refractivity contribution in [3.63, 3.8) is 0 Å². The monoisotopic (exact) mass is 264 g/mol. The minimum absolute atomic E-state index is 0.216. The molecule has 100 valence electrons. The van der Waals surface area contributed by atoms with Crippen LogP contribution in [0.4, 0.5) is 0 Å². The number of hydrogen-bond donors (Lipinski definition) is 1. The zero-order valence-electron chi connectivity index (χ0n) is 11.7. The van der Waals surface area contributed by atoms with Gasteiger partial charge in [0.05, 0.1) is 11.7 Å². The van der Waals surface area contributed by atoms with Gasteiger partial charge < -0.3 is 5.73 Å². The van der Waals surface area contributed by atoms with Crippen molar-refractivity contribution in [1.82, 2.24) is 4.98 Å². The summed E-state index contributed by atoms with van der Waals surface area (Å²) in [5, 5.41) is 1.21. The molecule has 2 aliphatic rings. The lowest BCUT2D eigenvalue weighted by molar-refractivity contribution is 0.217. The third-order valence-corrected chi connectivity index (χ3v) is 5.82. The normalized spacial score (nSPS) is 25.9. The summed E-state index contributed by atoms with van der Waals surface area (Å²) in [6, 6.07) is 0.216. The third-order valence-electron chi connectivity index (χ3n) is 4.60. The van der Waals surface area contributed by atoms with Crippen molar-refractivity contribution in [1.29, 1.82) is 0 Å². The Hall–Kier alpha value is -0.410. The quantitative estimate of drug-likeness (QED) is 0.884. The van der Waals surface area contributed by atoms with E-state index in [1.54, 1.807) is 0 Å². The van der Waals surface area contributed by atoms with Crippen molar-refractivity contribution < 1.29 is 0 Å². The number of aryl methyl sites for hydroxylation is 1. The summed E-state index contributed by atoms with van der Waals surface area (Å²) in [6.07, 6.45) is 6.27. The van der Waals surface area contributed by atoms with E-state index >= 15 is 0 Å². The van der Waals surface area contributed by atoms with Crippen molar-refractivity contribution in [2.75, 3.05) is 0 Å². The van der Waals surface area contributed by atoms with Crippen molar-refractivity contribution in [2.24, 2.45) is 23.0 Å². The van der Waals surface area contributed by atoms with Crippen molar-refractivity contribution in [3.8, 4) is 0 Å². The average molecular weight is 264 g/mol. The van der Waals surface area contributed by atoms with Gasteiger partial charge in [0.15, 0.2) is 0 Å². The van der Waals surface area contributed by atoms with Gasteiger partial charge in [-0.2, -0.15) is 0 Å². The Morgan fingerprint density at radius 2 is 2.00 bits per heavy atom. The summed E-state index contributed by atoms with van der Waals surface area (Å²) in [5.74, 6) is 1.52. The molecule has 1 aromatic rings. The number of rotatable bonds is 2. The van der Waals surface area contributed by atoms with E-state index in [1.165, 1.54) is 41.3 Å². The molecule has 2 N–H and O–H groups in total. The Kier molecular flexibility index (Phi) is 3.02. The molecule has 1 heterocycles. The molecule has 0 spiro atoms. The fourth-order valence-corrected chi connectivity index (χ4v) is 4.22. The Morgan fingerprint density at radius 3 is 2.61 bits per heavy atom. The fraction of sp³-hybridized carbons (Fsp3) is 0.800. The van der Waals surface area contributed by atoms with E-state index in [4.69, 9.17) is 10.7 Å². The van der Waals surface area contributed by atoms with E-state index in [2.05, 4.69) is 20.8 Å². The predicted octanol–water partition coefficient (Wildman–Crippen LogP) is 3.70. The molecule has 0 radical (unpaired) electrons. The van der Waals surface area contributed by atoms with E-state index in [-0.39, 0.29) is 6.04 Å². The zero-order valence-corrected chi connectivity index (χ0v) is 12.5. The molecule has 0 aliphatic heterocycles. The molecular formula is C15H24N2S. The van der Waals surface area contributed by atoms with Gasteiger partial charge in [-0.1, -0.05) is 20.8 Å². The van der Waals surface area contributed by atoms with Crippen LogP contribution in [0.3, 0.4) is 0 Å². The first-order chi connectivity index (χ1) is 8.45. The van der Waals surface area contributed by atoms with Crippen molar-refractivity contribution in [3.05, 3.63) is 15.6 Å². The summed E-state index contributed by atoms with van der Waals surface area (Å²) >= 11 is 1.90. The summed E-state index contributed by atoms with van der Waals surface area (Å²) in [5.41, 5.74) is 8.05. The summed E-state index contributed by atoms with van der Waals surface area (Å²) in [6.45, 7) is 7.08. The number of hydrogen-bond acceptors (Lipinski definition) is 3. The van der Waals surface area contributed by atoms with Gasteiger partial charge in [0.2, 0.25) is 0 Å². The largest absolute Gasteiger partial charge is 0.322 e. The molecule has 1 aromatic heterocycles. The van der Waals surface area contributed by atoms with E-state index < -0.39 is 0 Å². The Labute approximate surface area is 114 Å². The van der Waals surface area contributed by atoms with Crippen molar-refractivity contribution >= 4 is 11.3 Å². The van der Waals surface area contributed by atoms with Gasteiger partial charge in [-0.05, 0) is 49.4 Å². The Morgan fingerprint density at radius 1 is 1.28 bits per heavy atom. The standard InChI is InChI=1S/C15H24N2S/c1-15(2,3)10-6-7-11-12(8-10)18-14(17-11)13(16)9-4-5-9/h9-10,13H,4-8,16H2,1-3H3. The maximum atomic E-state index is 6.28. The summed E-state index contributed by atoms with van der Waals surface area (Å²) in [7, 11) is 0. The van der Waals surface area contributed by atoms with Gasteiger partial charge >= 0.3 is 0 Å². The highest BCUT2D eigenvalue weighted by molar-refractivity contribution is 7.11. The van der Waals surface area contributed by atoms with Crippen LogP contribution in [0, 0.1) is 17.3 Å². The van der Waals surface area contributed by atoms with Gasteiger partial charge in [-0.3, -0.25) is 0 Å². The second-order valence-electron chi connectivity index (χ2n) is 7.09. The molecule has 1 saturated carbocycles. The highest BCUT2D eigenvalue weighted by Gasteiger charge is 2.34. The van der Waals surface area contributed by atoms with Gasteiger partial charge in [-0.25, -0.2) is 4.98 Å². The second-order valence-corrected chi connectivity index (χ2v) is 8.21. The number of aromatic nitrogens is 1. The van der Waals surface area contributed by atoms with Gasteiger partial charge in [0, 0.05) is 4.88 Å². The molecule has 0 saturated heterocycles. The number of nitrogens with zero attached hydrogens (tertiary/aromatic N) is 1. The Balaban J connectivity index is 1.79. The van der Waals surface area contributed by atoms with Crippen LogP contribution in [0.15, 0.2) is 0 Å². The first-order valence-electron chi connectivity index (χ1n) is 7.19. The molecule has 0 aromatic carbocycles. The summed E-state index contributed by atoms with van der Waals surface area (Å²) in [4.78, 5) is 6.34. The smallest absolute Gasteiger partial charge is 0.110 e. The lowest BCUT2D eigenvalue weighted by Gasteiger charge is -2.33. The van der Waals surface area contributed by atoms with Gasteiger partial charge in [-0.15, -0.1) is 11.3 Å². The topological polar surface area (TPSA) is 38.9 Å². The van der Waals surface area contributed by atoms with Gasteiger partial charge in [0.1, 0.15) is 5.01 Å². The highest BCUT2D eigenvalue weighted by atomic mass is 32.1. The van der Waals surface area contributed by atoms with E-state index in [0.717, 1.165) is 18.3 Å². The minimum atomic E-state index is 0.216. The van der Waals surface area contributed by atoms with Gasteiger partial charge in [0.25, 0.3) is 0 Å². The number of nitrogens with two attached hydrogens (primary N) is 1. The van der Waals surface area contributed by atoms with Crippen LogP contribution >= 0.6 is 11.3 Å². The molecule has 3 rings (SSSR count). The Bertz CT molecular complexity index is 440. The molecule has 3 heteroatoms. The maximum absolute atomic E-state index is 6.28. The molecule has 0 amide bonds. The number of thiazole rings is 1. The first-order valence-corrected chi connectivity index (χ1v) is 8.01. The van der Waals surface area contributed by atoms with E-state index in [1.807, 2.05) is 11.3 Å². The molecule has 1 fully saturated rings. The first kappa shape index (κ1) is 12.6. The molecule has 0 bridgehead atoms. The fourth-order valence-electron chi connectivity index (χ4n) is 2.93. The minimum Gasteiger partial charge on any atom is -0.322 e. The van der Waals surface area contributed by atoms with Crippen LogP contribution in [0.25, 0.3) is 0 Å². The predicted molar refractivity (Wildman–Crippen MR) is 76.7 cm³/mol. The lowest BCUT2D eigenvalue weighted by Crippen LogP contribution is -2.26. The van der Waals surface area contributed by atoms with Crippen LogP contribution in [0.1, 0.15) is 61.7 Å². The summed E-state index contributed by atoms with van der Waals surface area (Å²) < 4.78 is 0. The second kappa shape index (κ2) is 4.31. The molecule has 2 atom stereocenters. The molecule has 18 heavy (non-hydrogen) atoms. The maximum Gasteiger partial charge on any atom is 0.110 e. The van der Waals surface area contributed by atoms with Crippen LogP contribution in [0.5, 0.6) is 0 Å². The lowest BCUT2D eigenvalue weighted by atomic mass is 9.73. The van der Waals surface area contributed by atoms with E-state index in [0.29, 0.717) is 5.41 Å². The highest BCUT2D eigenvalue weighted by Crippen LogP contribution is 2.44. The molecule has 2 unspecified atom stereocenters. The molecule has 2 aliphatic carbocycles. The SMILES string of the molecule is CC(C)(C)C1CCc2nc(C(N)C3CC3)sc2C1. The van der Waals surface area contributed by atoms with E-state index in [9.17, 15) is 0 Å². The van der Waals surface area contributed by atoms with Crippen LogP contribution < -0.4 is 5.73 Å². The zero-order chi connectivity index (χ0) is 12.9.